The Hall–Kier alpha value is -1.43. The molecule has 0 spiro atoms. The van der Waals surface area contributed by atoms with E-state index in [4.69, 9.17) is 5.73 Å². The van der Waals surface area contributed by atoms with Gasteiger partial charge in [0.25, 0.3) is 0 Å². The number of hydrogen-bond acceptors (Lipinski definition) is 4. The van der Waals surface area contributed by atoms with Crippen LogP contribution >= 0.6 is 0 Å². The summed E-state index contributed by atoms with van der Waals surface area (Å²) in [5.41, 5.74) is 3.65. The maximum absolute atomic E-state index is 12.8. The molecule has 0 radical (unpaired) electrons. The molecule has 1 fully saturated rings. The minimum atomic E-state index is -1.79. The smallest absolute Gasteiger partial charge is 0.337 e. The van der Waals surface area contributed by atoms with E-state index >= 15 is 0 Å². The second-order valence-corrected chi connectivity index (χ2v) is 5.84. The standard InChI is InChI=1S/C15H26N2O4/c1-11(18)17-15(14(20)21,9-5-6-10-16)13(19)12-7-3-2-4-8-12/h12H,2-10,16H2,1H3,(H,17,18)(H,20,21)/t15-/m1/s1. The van der Waals surface area contributed by atoms with Crippen LogP contribution < -0.4 is 11.1 Å². The van der Waals surface area contributed by atoms with Gasteiger partial charge in [-0.15, -0.1) is 0 Å². The number of carbonyl (C=O) groups excluding carboxylic acids is 2. The number of rotatable bonds is 8. The molecular weight excluding hydrogens is 272 g/mol. The highest BCUT2D eigenvalue weighted by molar-refractivity contribution is 6.11. The molecule has 0 saturated heterocycles. The molecule has 21 heavy (non-hydrogen) atoms. The van der Waals surface area contributed by atoms with Crippen molar-refractivity contribution in [2.24, 2.45) is 11.7 Å². The van der Waals surface area contributed by atoms with Crippen LogP contribution in [0.1, 0.15) is 58.3 Å². The van der Waals surface area contributed by atoms with Crippen molar-refractivity contribution in [3.8, 4) is 0 Å². The molecule has 120 valence electrons. The molecule has 0 aromatic rings. The van der Waals surface area contributed by atoms with Crippen LogP contribution in [-0.4, -0.2) is 34.8 Å². The lowest BCUT2D eigenvalue weighted by Crippen LogP contribution is -2.61. The number of carboxylic acid groups (broad SMARTS) is 1. The van der Waals surface area contributed by atoms with E-state index in [0.717, 1.165) is 19.3 Å². The molecule has 6 heteroatoms. The molecule has 1 aliphatic carbocycles. The van der Waals surface area contributed by atoms with Gasteiger partial charge in [0, 0.05) is 12.8 Å². The van der Waals surface area contributed by atoms with Crippen molar-refractivity contribution in [3.05, 3.63) is 0 Å². The normalized spacial score (nSPS) is 18.8. The van der Waals surface area contributed by atoms with E-state index in [-0.39, 0.29) is 18.1 Å². The number of nitrogens with two attached hydrogens (primary N) is 1. The zero-order valence-electron chi connectivity index (χ0n) is 12.7. The molecule has 0 aliphatic heterocycles. The first-order valence-corrected chi connectivity index (χ1v) is 7.70. The molecule has 1 saturated carbocycles. The van der Waals surface area contributed by atoms with Crippen molar-refractivity contribution >= 4 is 17.7 Å². The van der Waals surface area contributed by atoms with E-state index in [0.29, 0.717) is 32.2 Å². The Balaban J connectivity index is 2.97. The van der Waals surface area contributed by atoms with Crippen LogP contribution in [0.3, 0.4) is 0 Å². The SMILES string of the molecule is CC(=O)N[C@@](CCCCN)(C(=O)O)C(=O)C1CCCCC1. The minimum absolute atomic E-state index is 0.106. The van der Waals surface area contributed by atoms with Crippen LogP contribution in [0.15, 0.2) is 0 Å². The summed E-state index contributed by atoms with van der Waals surface area (Å²) in [5.74, 6) is -2.36. The third-order valence-electron chi connectivity index (χ3n) is 4.16. The number of amides is 1. The molecule has 0 aromatic heterocycles. The van der Waals surface area contributed by atoms with Gasteiger partial charge >= 0.3 is 5.97 Å². The van der Waals surface area contributed by atoms with Crippen LogP contribution in [0.4, 0.5) is 0 Å². The van der Waals surface area contributed by atoms with Gasteiger partial charge in [-0.1, -0.05) is 19.3 Å². The second kappa shape index (κ2) is 8.12. The first-order valence-electron chi connectivity index (χ1n) is 7.70. The highest BCUT2D eigenvalue weighted by Gasteiger charge is 2.48. The quantitative estimate of drug-likeness (QED) is 0.461. The maximum Gasteiger partial charge on any atom is 0.337 e. The molecule has 1 atom stereocenters. The Labute approximate surface area is 125 Å². The van der Waals surface area contributed by atoms with E-state index in [9.17, 15) is 19.5 Å². The topological polar surface area (TPSA) is 109 Å². The van der Waals surface area contributed by atoms with Gasteiger partial charge in [-0.3, -0.25) is 9.59 Å². The van der Waals surface area contributed by atoms with E-state index in [1.807, 2.05) is 0 Å². The van der Waals surface area contributed by atoms with Gasteiger partial charge in [0.1, 0.15) is 0 Å². The fourth-order valence-electron chi connectivity index (χ4n) is 3.06. The Bertz CT molecular complexity index is 391. The zero-order chi connectivity index (χ0) is 15.9. The molecule has 0 bridgehead atoms. The van der Waals surface area contributed by atoms with Gasteiger partial charge in [0.2, 0.25) is 5.91 Å². The van der Waals surface area contributed by atoms with Crippen molar-refractivity contribution in [3.63, 3.8) is 0 Å². The van der Waals surface area contributed by atoms with Gasteiger partial charge < -0.3 is 16.2 Å². The van der Waals surface area contributed by atoms with Gasteiger partial charge in [-0.05, 0) is 38.6 Å². The van der Waals surface area contributed by atoms with Crippen LogP contribution in [0.25, 0.3) is 0 Å². The van der Waals surface area contributed by atoms with Crippen LogP contribution in [0.2, 0.25) is 0 Å². The predicted molar refractivity (Wildman–Crippen MR) is 78.7 cm³/mol. The summed E-state index contributed by atoms with van der Waals surface area (Å²) in [6.45, 7) is 1.68. The fraction of sp³-hybridized carbons (Fsp3) is 0.800. The van der Waals surface area contributed by atoms with Gasteiger partial charge in [-0.2, -0.15) is 0 Å². The molecule has 4 N–H and O–H groups in total. The van der Waals surface area contributed by atoms with Crippen molar-refractivity contribution < 1.29 is 19.5 Å². The Morgan fingerprint density at radius 1 is 1.19 bits per heavy atom. The van der Waals surface area contributed by atoms with E-state index in [2.05, 4.69) is 5.32 Å². The maximum atomic E-state index is 12.8. The van der Waals surface area contributed by atoms with Crippen molar-refractivity contribution in [1.29, 1.82) is 0 Å². The summed E-state index contributed by atoms with van der Waals surface area (Å²) in [7, 11) is 0. The molecule has 6 nitrogen and oxygen atoms in total. The molecule has 1 amide bonds. The highest BCUT2D eigenvalue weighted by Crippen LogP contribution is 2.30. The summed E-state index contributed by atoms with van der Waals surface area (Å²) >= 11 is 0. The number of unbranched alkanes of at least 4 members (excludes halogenated alkanes) is 1. The number of ketones is 1. The number of Topliss-reactive ketones (excluding diaryl/α,β-unsaturated/α-hetero) is 1. The molecule has 0 heterocycles. The number of carbonyl (C=O) groups is 3. The third kappa shape index (κ3) is 4.52. The Morgan fingerprint density at radius 2 is 1.81 bits per heavy atom. The predicted octanol–water partition coefficient (Wildman–Crippen LogP) is 1.22. The van der Waals surface area contributed by atoms with E-state index in [1.54, 1.807) is 0 Å². The summed E-state index contributed by atoms with van der Waals surface area (Å²) < 4.78 is 0. The lowest BCUT2D eigenvalue weighted by atomic mass is 9.75. The van der Waals surface area contributed by atoms with Crippen molar-refractivity contribution in [1.82, 2.24) is 5.32 Å². The minimum Gasteiger partial charge on any atom is -0.479 e. The first-order chi connectivity index (χ1) is 9.94. The van der Waals surface area contributed by atoms with Crippen LogP contribution in [0.5, 0.6) is 0 Å². The molecule has 1 rings (SSSR count). The number of aliphatic carboxylic acids is 1. The summed E-state index contributed by atoms with van der Waals surface area (Å²) in [4.78, 5) is 36.0. The van der Waals surface area contributed by atoms with Crippen molar-refractivity contribution in [2.45, 2.75) is 63.8 Å². The fourth-order valence-corrected chi connectivity index (χ4v) is 3.06. The Morgan fingerprint density at radius 3 is 2.29 bits per heavy atom. The number of nitrogens with one attached hydrogen (secondary N) is 1. The largest absolute Gasteiger partial charge is 0.479 e. The first kappa shape index (κ1) is 17.6. The molecule has 0 aromatic carbocycles. The van der Waals surface area contributed by atoms with E-state index < -0.39 is 17.4 Å². The number of hydrogen-bond donors (Lipinski definition) is 3. The summed E-state index contributed by atoms with van der Waals surface area (Å²) in [6, 6.07) is 0. The van der Waals surface area contributed by atoms with Crippen LogP contribution in [0, 0.1) is 5.92 Å². The monoisotopic (exact) mass is 298 g/mol. The van der Waals surface area contributed by atoms with Crippen molar-refractivity contribution in [2.75, 3.05) is 6.54 Å². The van der Waals surface area contributed by atoms with Gasteiger partial charge in [0.15, 0.2) is 11.3 Å². The van der Waals surface area contributed by atoms with E-state index in [1.165, 1.54) is 6.92 Å². The van der Waals surface area contributed by atoms with Gasteiger partial charge in [0.05, 0.1) is 0 Å². The van der Waals surface area contributed by atoms with Crippen LogP contribution in [-0.2, 0) is 14.4 Å². The molecule has 1 aliphatic rings. The third-order valence-corrected chi connectivity index (χ3v) is 4.16. The number of carboxylic acids is 1. The summed E-state index contributed by atoms with van der Waals surface area (Å²) in [6.07, 6.45) is 5.62. The average Bonchev–Trinajstić information content (AvgIpc) is 2.46. The lowest BCUT2D eigenvalue weighted by molar-refractivity contribution is -0.155. The average molecular weight is 298 g/mol. The zero-order valence-corrected chi connectivity index (χ0v) is 12.7. The second-order valence-electron chi connectivity index (χ2n) is 5.84. The lowest BCUT2D eigenvalue weighted by Gasteiger charge is -2.33. The molecular formula is C15H26N2O4. The van der Waals surface area contributed by atoms with Gasteiger partial charge in [-0.25, -0.2) is 4.79 Å². The highest BCUT2D eigenvalue weighted by atomic mass is 16.4. The molecule has 0 unspecified atom stereocenters. The summed E-state index contributed by atoms with van der Waals surface area (Å²) in [5, 5.41) is 12.0. The Kier molecular flexibility index (Phi) is 6.81.